The summed E-state index contributed by atoms with van der Waals surface area (Å²) in [5.74, 6) is -1.08. The second-order valence-corrected chi connectivity index (χ2v) is 4.68. The normalized spacial score (nSPS) is 10.3. The zero-order chi connectivity index (χ0) is 16.2. The van der Waals surface area contributed by atoms with Crippen LogP contribution >= 0.6 is 0 Å². The van der Waals surface area contributed by atoms with Crippen LogP contribution in [0.25, 0.3) is 11.0 Å². The lowest BCUT2D eigenvalue weighted by molar-refractivity contribution is -0.118. The number of hydrogen-bond acceptors (Lipinski definition) is 4. The van der Waals surface area contributed by atoms with Crippen molar-refractivity contribution in [2.45, 2.75) is 0 Å². The predicted octanol–water partition coefficient (Wildman–Crippen LogP) is 3.46. The number of fused-ring (bicyclic) bond motifs is 1. The van der Waals surface area contributed by atoms with E-state index in [4.69, 9.17) is 14.4 Å². The highest BCUT2D eigenvalue weighted by atomic mass is 19.1. The van der Waals surface area contributed by atoms with Gasteiger partial charge in [0.2, 0.25) is 5.76 Å². The third-order valence-electron chi connectivity index (χ3n) is 3.16. The highest BCUT2D eigenvalue weighted by molar-refractivity contribution is 6.03. The third kappa shape index (κ3) is 2.99. The molecular formula is C17H11FN2O3. The van der Waals surface area contributed by atoms with E-state index in [1.807, 2.05) is 6.07 Å². The van der Waals surface area contributed by atoms with Crippen LogP contribution < -0.4 is 10.1 Å². The second kappa shape index (κ2) is 6.20. The summed E-state index contributed by atoms with van der Waals surface area (Å²) in [4.78, 5) is 12.0. The number of anilines is 1. The zero-order valence-corrected chi connectivity index (χ0v) is 11.9. The van der Waals surface area contributed by atoms with Crippen LogP contribution in [0.2, 0.25) is 0 Å². The lowest BCUT2D eigenvalue weighted by Crippen LogP contribution is -2.20. The Labute approximate surface area is 130 Å². The SMILES string of the molecule is N#Cc1oc2ccccc2c1NC(=O)COc1ccccc1F. The minimum atomic E-state index is -0.549. The van der Waals surface area contributed by atoms with Crippen LogP contribution in [0.3, 0.4) is 0 Å². The molecule has 0 unspecified atom stereocenters. The molecule has 0 saturated heterocycles. The van der Waals surface area contributed by atoms with Gasteiger partial charge in [0.15, 0.2) is 18.2 Å². The van der Waals surface area contributed by atoms with Crippen molar-refractivity contribution >= 4 is 22.6 Å². The standard InChI is InChI=1S/C17H11FN2O3/c18-12-6-2-4-8-14(12)22-10-16(21)20-17-11-5-1-3-7-13(11)23-15(17)9-19/h1-8H,10H2,(H,20,21). The summed E-state index contributed by atoms with van der Waals surface area (Å²) < 4.78 is 23.9. The van der Waals surface area contributed by atoms with Crippen LogP contribution in [0.4, 0.5) is 10.1 Å². The van der Waals surface area contributed by atoms with Crippen LogP contribution in [0.1, 0.15) is 5.76 Å². The van der Waals surface area contributed by atoms with E-state index in [-0.39, 0.29) is 23.8 Å². The van der Waals surface area contributed by atoms with Crippen LogP contribution in [0.5, 0.6) is 5.75 Å². The van der Waals surface area contributed by atoms with Gasteiger partial charge in [-0.1, -0.05) is 24.3 Å². The topological polar surface area (TPSA) is 75.3 Å². The van der Waals surface area contributed by atoms with Gasteiger partial charge in [-0.25, -0.2) is 4.39 Å². The smallest absolute Gasteiger partial charge is 0.262 e. The lowest BCUT2D eigenvalue weighted by atomic mass is 10.2. The molecule has 23 heavy (non-hydrogen) atoms. The molecule has 0 aliphatic rings. The maximum Gasteiger partial charge on any atom is 0.262 e. The molecule has 0 atom stereocenters. The van der Waals surface area contributed by atoms with Crippen molar-refractivity contribution in [1.82, 2.24) is 0 Å². The molecule has 0 aliphatic heterocycles. The van der Waals surface area contributed by atoms with Gasteiger partial charge in [0.25, 0.3) is 5.91 Å². The summed E-state index contributed by atoms with van der Waals surface area (Å²) in [7, 11) is 0. The van der Waals surface area contributed by atoms with Gasteiger partial charge < -0.3 is 14.5 Å². The molecule has 0 radical (unpaired) electrons. The zero-order valence-electron chi connectivity index (χ0n) is 11.9. The summed E-state index contributed by atoms with van der Waals surface area (Å²) in [6, 6.07) is 14.6. The summed E-state index contributed by atoms with van der Waals surface area (Å²) >= 11 is 0. The van der Waals surface area contributed by atoms with E-state index in [0.29, 0.717) is 11.0 Å². The van der Waals surface area contributed by atoms with E-state index in [1.165, 1.54) is 18.2 Å². The minimum Gasteiger partial charge on any atom is -0.481 e. The van der Waals surface area contributed by atoms with E-state index in [1.54, 1.807) is 30.3 Å². The van der Waals surface area contributed by atoms with Crippen molar-refractivity contribution in [2.75, 3.05) is 11.9 Å². The molecule has 3 aromatic rings. The molecular weight excluding hydrogens is 299 g/mol. The molecule has 1 heterocycles. The molecule has 114 valence electrons. The number of carbonyl (C=O) groups excluding carboxylic acids is 1. The van der Waals surface area contributed by atoms with Gasteiger partial charge in [0, 0.05) is 5.39 Å². The fraction of sp³-hybridized carbons (Fsp3) is 0.0588. The van der Waals surface area contributed by atoms with Gasteiger partial charge in [-0.2, -0.15) is 5.26 Å². The first kappa shape index (κ1) is 14.6. The van der Waals surface area contributed by atoms with Crippen LogP contribution in [-0.2, 0) is 4.79 Å². The molecule has 0 bridgehead atoms. The Bertz CT molecular complexity index is 912. The number of benzene rings is 2. The van der Waals surface area contributed by atoms with Crippen LogP contribution in [0, 0.1) is 17.1 Å². The van der Waals surface area contributed by atoms with Crippen molar-refractivity contribution in [1.29, 1.82) is 5.26 Å². The van der Waals surface area contributed by atoms with Crippen LogP contribution in [-0.4, -0.2) is 12.5 Å². The molecule has 3 rings (SSSR count). The Kier molecular flexibility index (Phi) is 3.93. The molecule has 0 aliphatic carbocycles. The molecule has 0 saturated carbocycles. The molecule has 0 spiro atoms. The first-order valence-electron chi connectivity index (χ1n) is 6.78. The van der Waals surface area contributed by atoms with Crippen molar-refractivity contribution in [3.05, 3.63) is 60.1 Å². The molecule has 1 aromatic heterocycles. The molecule has 5 nitrogen and oxygen atoms in total. The number of nitriles is 1. The number of nitrogens with one attached hydrogen (secondary N) is 1. The van der Waals surface area contributed by atoms with E-state index in [0.717, 1.165) is 0 Å². The van der Waals surface area contributed by atoms with Gasteiger partial charge >= 0.3 is 0 Å². The van der Waals surface area contributed by atoms with Crippen molar-refractivity contribution in [3.8, 4) is 11.8 Å². The van der Waals surface area contributed by atoms with Gasteiger partial charge in [-0.05, 0) is 24.3 Å². The quantitative estimate of drug-likeness (QED) is 0.800. The number of nitrogens with zero attached hydrogens (tertiary/aromatic N) is 1. The summed E-state index contributed by atoms with van der Waals surface area (Å²) in [6.07, 6.45) is 0. The Morgan fingerprint density at radius 1 is 1.22 bits per heavy atom. The number of hydrogen-bond donors (Lipinski definition) is 1. The highest BCUT2D eigenvalue weighted by Crippen LogP contribution is 2.30. The number of halogens is 1. The van der Waals surface area contributed by atoms with E-state index in [9.17, 15) is 9.18 Å². The highest BCUT2D eigenvalue weighted by Gasteiger charge is 2.16. The predicted molar refractivity (Wildman–Crippen MR) is 81.5 cm³/mol. The first-order valence-corrected chi connectivity index (χ1v) is 6.78. The lowest BCUT2D eigenvalue weighted by Gasteiger charge is -2.07. The van der Waals surface area contributed by atoms with Gasteiger partial charge in [-0.15, -0.1) is 0 Å². The molecule has 2 aromatic carbocycles. The van der Waals surface area contributed by atoms with E-state index in [2.05, 4.69) is 5.32 Å². The molecule has 1 N–H and O–H groups in total. The number of para-hydroxylation sites is 2. The maximum absolute atomic E-state index is 13.4. The molecule has 1 amide bonds. The largest absolute Gasteiger partial charge is 0.481 e. The van der Waals surface area contributed by atoms with E-state index >= 15 is 0 Å². The number of rotatable bonds is 4. The summed E-state index contributed by atoms with van der Waals surface area (Å²) in [6.45, 7) is -0.384. The molecule has 6 heteroatoms. The third-order valence-corrected chi connectivity index (χ3v) is 3.16. The Hall–Kier alpha value is -3.33. The maximum atomic E-state index is 13.4. The minimum absolute atomic E-state index is 0.00504. The average molecular weight is 310 g/mol. The Morgan fingerprint density at radius 2 is 1.96 bits per heavy atom. The van der Waals surface area contributed by atoms with Crippen molar-refractivity contribution in [3.63, 3.8) is 0 Å². The van der Waals surface area contributed by atoms with Gasteiger partial charge in [-0.3, -0.25) is 4.79 Å². The first-order chi connectivity index (χ1) is 11.2. The Balaban J connectivity index is 1.76. The summed E-state index contributed by atoms with van der Waals surface area (Å²) in [5, 5.41) is 12.3. The summed E-state index contributed by atoms with van der Waals surface area (Å²) in [5.41, 5.74) is 0.777. The monoisotopic (exact) mass is 310 g/mol. The van der Waals surface area contributed by atoms with Crippen molar-refractivity contribution in [2.24, 2.45) is 0 Å². The number of amides is 1. The number of ether oxygens (including phenoxy) is 1. The number of carbonyl (C=O) groups is 1. The average Bonchev–Trinajstić information content (AvgIpc) is 2.92. The van der Waals surface area contributed by atoms with Crippen LogP contribution in [0.15, 0.2) is 52.9 Å². The van der Waals surface area contributed by atoms with Crippen molar-refractivity contribution < 1.29 is 18.3 Å². The van der Waals surface area contributed by atoms with Gasteiger partial charge in [0.1, 0.15) is 17.3 Å². The van der Waals surface area contributed by atoms with Gasteiger partial charge in [0.05, 0.1) is 0 Å². The fourth-order valence-electron chi connectivity index (χ4n) is 2.13. The number of furan rings is 1. The Morgan fingerprint density at radius 3 is 2.74 bits per heavy atom. The fourth-order valence-corrected chi connectivity index (χ4v) is 2.13. The second-order valence-electron chi connectivity index (χ2n) is 4.68. The van der Waals surface area contributed by atoms with E-state index < -0.39 is 11.7 Å². The molecule has 0 fully saturated rings.